The van der Waals surface area contributed by atoms with Gasteiger partial charge in [0.1, 0.15) is 0 Å². The molecule has 2 atom stereocenters. The lowest BCUT2D eigenvalue weighted by Gasteiger charge is -2.22. The van der Waals surface area contributed by atoms with E-state index >= 15 is 0 Å². The Morgan fingerprint density at radius 3 is 2.76 bits per heavy atom. The van der Waals surface area contributed by atoms with E-state index in [1.54, 1.807) is 11.3 Å². The summed E-state index contributed by atoms with van der Waals surface area (Å²) in [6, 6.07) is 1.06. The lowest BCUT2D eigenvalue weighted by Crippen LogP contribution is -2.37. The van der Waals surface area contributed by atoms with Crippen molar-refractivity contribution in [2.24, 2.45) is 5.92 Å². The van der Waals surface area contributed by atoms with Crippen LogP contribution in [-0.4, -0.2) is 21.5 Å². The van der Waals surface area contributed by atoms with E-state index in [1.165, 1.54) is 5.69 Å². The molecule has 0 aliphatic rings. The minimum absolute atomic E-state index is 0.523. The molecule has 2 aromatic heterocycles. The number of hydrogen-bond donors (Lipinski definition) is 1. The molecule has 2 heterocycles. The van der Waals surface area contributed by atoms with Gasteiger partial charge in [-0.15, -0.1) is 11.3 Å². The van der Waals surface area contributed by atoms with Crippen LogP contribution < -0.4 is 5.32 Å². The zero-order chi connectivity index (χ0) is 12.4. The van der Waals surface area contributed by atoms with Crippen molar-refractivity contribution in [2.45, 2.75) is 46.2 Å². The molecule has 0 aromatic carbocycles. The first-order valence-electron chi connectivity index (χ1n) is 6.23. The van der Waals surface area contributed by atoms with Gasteiger partial charge >= 0.3 is 0 Å². The molecule has 0 saturated carbocycles. The minimum atomic E-state index is 0.523. The summed E-state index contributed by atoms with van der Waals surface area (Å²) in [5, 5.41) is 5.63. The molecule has 17 heavy (non-hydrogen) atoms. The second-order valence-electron chi connectivity index (χ2n) is 5.12. The van der Waals surface area contributed by atoms with Crippen molar-refractivity contribution in [3.63, 3.8) is 0 Å². The Hall–Kier alpha value is -0.870. The van der Waals surface area contributed by atoms with E-state index in [2.05, 4.69) is 60.2 Å². The van der Waals surface area contributed by atoms with Crippen molar-refractivity contribution in [1.29, 1.82) is 0 Å². The first kappa shape index (κ1) is 12.6. The number of thiazole rings is 1. The van der Waals surface area contributed by atoms with Crippen LogP contribution in [0.2, 0.25) is 0 Å². The van der Waals surface area contributed by atoms with Crippen molar-refractivity contribution in [1.82, 2.24) is 14.7 Å². The summed E-state index contributed by atoms with van der Waals surface area (Å²) in [4.78, 5) is 5.72. The molecule has 0 amide bonds. The molecule has 0 fully saturated rings. The Kier molecular flexibility index (Phi) is 3.84. The van der Waals surface area contributed by atoms with Gasteiger partial charge in [-0.1, -0.05) is 20.8 Å². The van der Waals surface area contributed by atoms with Crippen LogP contribution in [0.5, 0.6) is 0 Å². The third kappa shape index (κ3) is 3.07. The maximum atomic E-state index is 4.63. The number of hydrogen-bond acceptors (Lipinski definition) is 3. The van der Waals surface area contributed by atoms with Crippen LogP contribution >= 0.6 is 11.3 Å². The van der Waals surface area contributed by atoms with E-state index in [1.807, 2.05) is 0 Å². The molecule has 2 unspecified atom stereocenters. The monoisotopic (exact) mass is 251 g/mol. The van der Waals surface area contributed by atoms with Gasteiger partial charge in [-0.05, 0) is 19.3 Å². The largest absolute Gasteiger partial charge is 0.312 e. The SMILES string of the molecule is CC(C)NC(C)C(C)Cc1cn2ccsc2n1. The second-order valence-corrected chi connectivity index (χ2v) is 5.99. The van der Waals surface area contributed by atoms with E-state index < -0.39 is 0 Å². The zero-order valence-electron chi connectivity index (χ0n) is 11.0. The van der Waals surface area contributed by atoms with Crippen LogP contribution in [-0.2, 0) is 6.42 Å². The molecule has 2 rings (SSSR count). The van der Waals surface area contributed by atoms with E-state index in [4.69, 9.17) is 0 Å². The molecule has 0 saturated heterocycles. The lowest BCUT2D eigenvalue weighted by molar-refractivity contribution is 0.370. The summed E-state index contributed by atoms with van der Waals surface area (Å²) in [6.45, 7) is 8.92. The van der Waals surface area contributed by atoms with E-state index in [0.717, 1.165) is 11.4 Å². The summed E-state index contributed by atoms with van der Waals surface area (Å²) >= 11 is 1.69. The van der Waals surface area contributed by atoms with Gasteiger partial charge in [0.15, 0.2) is 4.96 Å². The average molecular weight is 251 g/mol. The van der Waals surface area contributed by atoms with Crippen molar-refractivity contribution in [3.05, 3.63) is 23.5 Å². The fraction of sp³-hybridized carbons (Fsp3) is 0.615. The average Bonchev–Trinajstić information content (AvgIpc) is 2.76. The van der Waals surface area contributed by atoms with E-state index in [-0.39, 0.29) is 0 Å². The first-order chi connectivity index (χ1) is 8.06. The molecule has 0 spiro atoms. The molecule has 0 aliphatic carbocycles. The van der Waals surface area contributed by atoms with Gasteiger partial charge in [0.05, 0.1) is 5.69 Å². The maximum Gasteiger partial charge on any atom is 0.193 e. The Balaban J connectivity index is 1.98. The standard InChI is InChI=1S/C13H21N3S/c1-9(2)14-11(4)10(3)7-12-8-16-5-6-17-13(16)15-12/h5-6,8-11,14H,7H2,1-4H3. The van der Waals surface area contributed by atoms with Crippen molar-refractivity contribution < 1.29 is 0 Å². The van der Waals surface area contributed by atoms with Crippen molar-refractivity contribution in [3.8, 4) is 0 Å². The number of rotatable bonds is 5. The van der Waals surface area contributed by atoms with Crippen LogP contribution in [0.3, 0.4) is 0 Å². The number of aromatic nitrogens is 2. The predicted molar refractivity (Wildman–Crippen MR) is 73.7 cm³/mol. The Labute approximate surface area is 107 Å². The molecule has 0 bridgehead atoms. The zero-order valence-corrected chi connectivity index (χ0v) is 11.8. The molecule has 94 valence electrons. The van der Waals surface area contributed by atoms with Gasteiger partial charge in [0.25, 0.3) is 0 Å². The third-order valence-electron chi connectivity index (χ3n) is 3.12. The van der Waals surface area contributed by atoms with E-state index in [9.17, 15) is 0 Å². The van der Waals surface area contributed by atoms with Gasteiger partial charge in [0.2, 0.25) is 0 Å². The minimum Gasteiger partial charge on any atom is -0.312 e. The van der Waals surface area contributed by atoms with Crippen molar-refractivity contribution >= 4 is 16.3 Å². The Morgan fingerprint density at radius 2 is 2.12 bits per heavy atom. The van der Waals surface area contributed by atoms with Gasteiger partial charge in [0, 0.05) is 29.9 Å². The predicted octanol–water partition coefficient (Wildman–Crippen LogP) is 2.96. The highest BCUT2D eigenvalue weighted by molar-refractivity contribution is 7.15. The smallest absolute Gasteiger partial charge is 0.193 e. The van der Waals surface area contributed by atoms with Crippen LogP contribution in [0, 0.1) is 5.92 Å². The highest BCUT2D eigenvalue weighted by atomic mass is 32.1. The van der Waals surface area contributed by atoms with Gasteiger partial charge in [-0.25, -0.2) is 4.98 Å². The number of fused-ring (bicyclic) bond motifs is 1. The summed E-state index contributed by atoms with van der Waals surface area (Å²) in [5.74, 6) is 0.599. The third-order valence-corrected chi connectivity index (χ3v) is 3.89. The summed E-state index contributed by atoms with van der Waals surface area (Å²) in [7, 11) is 0. The first-order valence-corrected chi connectivity index (χ1v) is 7.11. The fourth-order valence-corrected chi connectivity index (χ4v) is 2.79. The molecule has 1 N–H and O–H groups in total. The fourth-order valence-electron chi connectivity index (χ4n) is 2.07. The van der Waals surface area contributed by atoms with Crippen LogP contribution in [0.15, 0.2) is 17.8 Å². The van der Waals surface area contributed by atoms with Gasteiger partial charge in [-0.2, -0.15) is 0 Å². The Morgan fingerprint density at radius 1 is 1.35 bits per heavy atom. The highest BCUT2D eigenvalue weighted by Crippen LogP contribution is 2.16. The van der Waals surface area contributed by atoms with Gasteiger partial charge in [-0.3, -0.25) is 4.40 Å². The van der Waals surface area contributed by atoms with Crippen LogP contribution in [0.25, 0.3) is 4.96 Å². The number of nitrogens with one attached hydrogen (secondary N) is 1. The molecule has 0 radical (unpaired) electrons. The molecule has 2 aromatic rings. The second kappa shape index (κ2) is 5.19. The van der Waals surface area contributed by atoms with Crippen LogP contribution in [0.1, 0.15) is 33.4 Å². The summed E-state index contributed by atoms with van der Waals surface area (Å²) in [6.07, 6.45) is 5.25. The van der Waals surface area contributed by atoms with Crippen LogP contribution in [0.4, 0.5) is 0 Å². The van der Waals surface area contributed by atoms with Gasteiger partial charge < -0.3 is 5.32 Å². The van der Waals surface area contributed by atoms with Crippen molar-refractivity contribution in [2.75, 3.05) is 0 Å². The normalized spacial score (nSPS) is 15.6. The molecule has 4 heteroatoms. The highest BCUT2D eigenvalue weighted by Gasteiger charge is 2.15. The molecule has 0 aliphatic heterocycles. The topological polar surface area (TPSA) is 29.3 Å². The summed E-state index contributed by atoms with van der Waals surface area (Å²) < 4.78 is 2.10. The van der Waals surface area contributed by atoms with E-state index in [0.29, 0.717) is 18.0 Å². The maximum absolute atomic E-state index is 4.63. The molecular formula is C13H21N3S. The quantitative estimate of drug-likeness (QED) is 0.885. The Bertz CT molecular complexity index is 443. The lowest BCUT2D eigenvalue weighted by atomic mass is 9.98. The number of imidazole rings is 1. The number of nitrogens with zero attached hydrogens (tertiary/aromatic N) is 2. The summed E-state index contributed by atoms with van der Waals surface area (Å²) in [5.41, 5.74) is 1.20. The molecule has 3 nitrogen and oxygen atoms in total. The molecular weight excluding hydrogens is 230 g/mol.